The molecule has 0 amide bonds. The van der Waals surface area contributed by atoms with E-state index in [2.05, 4.69) is 9.97 Å². The molecular weight excluding hydrogens is 333 g/mol. The number of aryl methyl sites for hydroxylation is 2. The van der Waals surface area contributed by atoms with Crippen molar-refractivity contribution >= 4 is 11.6 Å². The summed E-state index contributed by atoms with van der Waals surface area (Å²) >= 11 is 5.97. The van der Waals surface area contributed by atoms with Crippen molar-refractivity contribution in [2.75, 3.05) is 7.11 Å². The molecule has 0 radical (unpaired) electrons. The number of ether oxygens (including phenoxy) is 2. The van der Waals surface area contributed by atoms with Crippen LogP contribution in [0.15, 0.2) is 18.2 Å². The van der Waals surface area contributed by atoms with Crippen LogP contribution in [0.3, 0.4) is 0 Å². The minimum absolute atomic E-state index is 0.137. The number of halogens is 4. The van der Waals surface area contributed by atoms with Crippen LogP contribution < -0.4 is 9.47 Å². The summed E-state index contributed by atoms with van der Waals surface area (Å²) < 4.78 is 49.2. The molecule has 0 saturated carbocycles. The Morgan fingerprint density at radius 2 is 1.83 bits per heavy atom. The second-order valence-electron chi connectivity index (χ2n) is 4.82. The Labute approximate surface area is 136 Å². The van der Waals surface area contributed by atoms with E-state index in [1.165, 1.54) is 13.2 Å². The van der Waals surface area contributed by atoms with Crippen LogP contribution in [-0.2, 0) is 12.8 Å². The first-order valence-electron chi connectivity index (χ1n) is 6.60. The smallest absolute Gasteiger partial charge is 0.421 e. The van der Waals surface area contributed by atoms with Crippen molar-refractivity contribution in [3.05, 3.63) is 45.7 Å². The van der Waals surface area contributed by atoms with Gasteiger partial charge in [-0.25, -0.2) is 9.97 Å². The van der Waals surface area contributed by atoms with E-state index in [0.717, 1.165) is 6.07 Å². The van der Waals surface area contributed by atoms with Crippen molar-refractivity contribution in [2.24, 2.45) is 0 Å². The molecule has 0 atom stereocenters. The Morgan fingerprint density at radius 1 is 1.13 bits per heavy atom. The first kappa shape index (κ1) is 17.3. The molecule has 0 spiro atoms. The quantitative estimate of drug-likeness (QED) is 0.825. The van der Waals surface area contributed by atoms with Gasteiger partial charge >= 0.3 is 6.18 Å². The summed E-state index contributed by atoms with van der Waals surface area (Å²) in [7, 11) is 1.43. The number of nitrogens with zero attached hydrogens (tertiary/aromatic N) is 2. The number of aromatic nitrogens is 2. The zero-order valence-electron chi connectivity index (χ0n) is 12.7. The fourth-order valence-corrected chi connectivity index (χ4v) is 2.14. The normalized spacial score (nSPS) is 11.4. The number of hydrogen-bond donors (Lipinski definition) is 0. The first-order chi connectivity index (χ1) is 10.7. The highest BCUT2D eigenvalue weighted by atomic mass is 35.5. The summed E-state index contributed by atoms with van der Waals surface area (Å²) in [5.74, 6) is -0.221. The van der Waals surface area contributed by atoms with Crippen molar-refractivity contribution in [3.8, 4) is 11.8 Å². The third kappa shape index (κ3) is 4.04. The third-order valence-corrected chi connectivity index (χ3v) is 3.37. The average molecular weight is 347 g/mol. The number of pyridine rings is 2. The highest BCUT2D eigenvalue weighted by Gasteiger charge is 2.35. The van der Waals surface area contributed by atoms with E-state index < -0.39 is 17.6 Å². The largest absolute Gasteiger partial charge is 0.480 e. The van der Waals surface area contributed by atoms with Crippen LogP contribution in [0.25, 0.3) is 0 Å². The van der Waals surface area contributed by atoms with Gasteiger partial charge in [0, 0.05) is 17.0 Å². The van der Waals surface area contributed by atoms with Gasteiger partial charge in [-0.3, -0.25) is 0 Å². The zero-order chi connectivity index (χ0) is 17.2. The van der Waals surface area contributed by atoms with E-state index in [-0.39, 0.29) is 17.5 Å². The van der Waals surface area contributed by atoms with E-state index in [9.17, 15) is 13.2 Å². The van der Waals surface area contributed by atoms with E-state index in [4.69, 9.17) is 21.1 Å². The van der Waals surface area contributed by atoms with Crippen molar-refractivity contribution in [1.29, 1.82) is 0 Å². The topological polar surface area (TPSA) is 44.2 Å². The maximum Gasteiger partial charge on any atom is 0.421 e. The highest BCUT2D eigenvalue weighted by molar-refractivity contribution is 6.31. The van der Waals surface area contributed by atoms with Gasteiger partial charge in [0.25, 0.3) is 0 Å². The lowest BCUT2D eigenvalue weighted by Gasteiger charge is -2.14. The molecule has 0 aliphatic rings. The van der Waals surface area contributed by atoms with E-state index in [1.54, 1.807) is 19.9 Å². The molecular formula is C15H14ClF3N2O2. The lowest BCUT2D eigenvalue weighted by atomic mass is 10.2. The third-order valence-electron chi connectivity index (χ3n) is 3.10. The van der Waals surface area contributed by atoms with Crippen molar-refractivity contribution in [1.82, 2.24) is 9.97 Å². The van der Waals surface area contributed by atoms with E-state index in [1.807, 2.05) is 0 Å². The summed E-state index contributed by atoms with van der Waals surface area (Å²) in [5, 5.41) is 0.255. The molecule has 2 heterocycles. The fraction of sp³-hybridized carbons (Fsp3) is 0.333. The molecule has 23 heavy (non-hydrogen) atoms. The Hall–Kier alpha value is -2.02. The van der Waals surface area contributed by atoms with Crippen LogP contribution in [0.5, 0.6) is 11.8 Å². The molecule has 0 saturated heterocycles. The first-order valence-corrected chi connectivity index (χ1v) is 6.98. The summed E-state index contributed by atoms with van der Waals surface area (Å²) in [5.41, 5.74) is 0.601. The van der Waals surface area contributed by atoms with Crippen molar-refractivity contribution in [3.63, 3.8) is 0 Å². The molecule has 0 bridgehead atoms. The van der Waals surface area contributed by atoms with Crippen LogP contribution >= 0.6 is 11.6 Å². The second kappa shape index (κ2) is 6.62. The zero-order valence-corrected chi connectivity index (χ0v) is 13.4. The Morgan fingerprint density at radius 3 is 2.43 bits per heavy atom. The van der Waals surface area contributed by atoms with Crippen molar-refractivity contribution < 1.29 is 22.6 Å². The highest BCUT2D eigenvalue weighted by Crippen LogP contribution is 2.35. The van der Waals surface area contributed by atoms with Gasteiger partial charge in [-0.15, -0.1) is 0 Å². The molecule has 0 aliphatic heterocycles. The predicted molar refractivity (Wildman–Crippen MR) is 78.8 cm³/mol. The standard InChI is InChI=1S/C15H14ClF3N2O2/c1-8-4-5-11(15(17,18)19)13(20-8)23-7-10-6-12(16)14(22-3)21-9(10)2/h4-6H,7H2,1-3H3. The molecule has 124 valence electrons. The predicted octanol–water partition coefficient (Wildman–Crippen LogP) is 4.35. The Kier molecular flexibility index (Phi) is 4.99. The van der Waals surface area contributed by atoms with E-state index >= 15 is 0 Å². The van der Waals surface area contributed by atoms with Gasteiger partial charge in [0.2, 0.25) is 11.8 Å². The summed E-state index contributed by atoms with van der Waals surface area (Å²) in [6.45, 7) is 3.14. The second-order valence-corrected chi connectivity index (χ2v) is 5.22. The van der Waals surface area contributed by atoms with Gasteiger partial charge in [-0.1, -0.05) is 11.6 Å². The summed E-state index contributed by atoms with van der Waals surface area (Å²) in [6.07, 6.45) is -4.54. The van der Waals surface area contributed by atoms with Crippen LogP contribution in [0.4, 0.5) is 13.2 Å². The molecule has 0 N–H and O–H groups in total. The molecule has 0 fully saturated rings. The number of rotatable bonds is 4. The summed E-state index contributed by atoms with van der Waals surface area (Å²) in [4.78, 5) is 7.94. The molecule has 0 aliphatic carbocycles. The summed E-state index contributed by atoms with van der Waals surface area (Å²) in [6, 6.07) is 3.78. The fourth-order valence-electron chi connectivity index (χ4n) is 1.89. The molecule has 0 unspecified atom stereocenters. The maximum atomic E-state index is 13.0. The number of alkyl halides is 3. The lowest BCUT2D eigenvalue weighted by Crippen LogP contribution is -2.11. The van der Waals surface area contributed by atoms with Gasteiger partial charge < -0.3 is 9.47 Å². The SMILES string of the molecule is COc1nc(C)c(COc2nc(C)ccc2C(F)(F)F)cc1Cl. The maximum absolute atomic E-state index is 13.0. The van der Waals surface area contributed by atoms with E-state index in [0.29, 0.717) is 17.0 Å². The lowest BCUT2D eigenvalue weighted by molar-refractivity contribution is -0.139. The molecule has 2 aromatic rings. The monoisotopic (exact) mass is 346 g/mol. The van der Waals surface area contributed by atoms with Gasteiger partial charge in [0.05, 0.1) is 7.11 Å². The van der Waals surface area contributed by atoms with Crippen molar-refractivity contribution in [2.45, 2.75) is 26.6 Å². The molecule has 4 nitrogen and oxygen atoms in total. The molecule has 2 aromatic heterocycles. The average Bonchev–Trinajstić information content (AvgIpc) is 2.46. The minimum Gasteiger partial charge on any atom is -0.480 e. The Balaban J connectivity index is 2.28. The van der Waals surface area contributed by atoms with Gasteiger partial charge in [-0.05, 0) is 32.0 Å². The minimum atomic E-state index is -4.54. The number of hydrogen-bond acceptors (Lipinski definition) is 4. The Bertz CT molecular complexity index is 721. The van der Waals surface area contributed by atoms with Gasteiger partial charge in [0.1, 0.15) is 17.2 Å². The molecule has 8 heteroatoms. The van der Waals surface area contributed by atoms with Crippen LogP contribution in [0.1, 0.15) is 22.5 Å². The van der Waals surface area contributed by atoms with Crippen LogP contribution in [-0.4, -0.2) is 17.1 Å². The number of methoxy groups -OCH3 is 1. The molecule has 0 aromatic carbocycles. The molecule has 2 rings (SSSR count). The van der Waals surface area contributed by atoms with Gasteiger partial charge in [0.15, 0.2) is 0 Å². The van der Waals surface area contributed by atoms with Gasteiger partial charge in [-0.2, -0.15) is 13.2 Å². The van der Waals surface area contributed by atoms with Crippen LogP contribution in [0, 0.1) is 13.8 Å². The van der Waals surface area contributed by atoms with Crippen LogP contribution in [0.2, 0.25) is 5.02 Å².